The number of hydrogen-bond donors (Lipinski definition) is 0. The number of thioether (sulfide) groups is 1. The molecule has 0 bridgehead atoms. The molecule has 0 radical (unpaired) electrons. The van der Waals surface area contributed by atoms with Crippen molar-refractivity contribution >= 4 is 22.7 Å². The predicted molar refractivity (Wildman–Crippen MR) is 94.1 cm³/mol. The molecule has 6 nitrogen and oxygen atoms in total. The SMILES string of the molecule is C=CCn1c(SC(C)c2nc(CC)no2)nc2ccccc2c1=O. The molecule has 0 saturated heterocycles. The largest absolute Gasteiger partial charge is 0.338 e. The highest BCUT2D eigenvalue weighted by Gasteiger charge is 2.19. The molecular weight excluding hydrogens is 324 g/mol. The summed E-state index contributed by atoms with van der Waals surface area (Å²) < 4.78 is 6.91. The van der Waals surface area contributed by atoms with Crippen LogP contribution in [0.5, 0.6) is 0 Å². The van der Waals surface area contributed by atoms with E-state index in [9.17, 15) is 4.79 Å². The van der Waals surface area contributed by atoms with Crippen molar-refractivity contribution in [2.75, 3.05) is 0 Å². The van der Waals surface area contributed by atoms with Crippen molar-refractivity contribution in [3.8, 4) is 0 Å². The number of aromatic nitrogens is 4. The number of benzene rings is 1. The van der Waals surface area contributed by atoms with Crippen molar-refractivity contribution in [2.45, 2.75) is 37.2 Å². The van der Waals surface area contributed by atoms with Crippen molar-refractivity contribution in [3.63, 3.8) is 0 Å². The Hall–Kier alpha value is -2.41. The van der Waals surface area contributed by atoms with Crippen LogP contribution in [0.15, 0.2) is 51.4 Å². The molecule has 0 amide bonds. The van der Waals surface area contributed by atoms with E-state index < -0.39 is 0 Å². The molecule has 3 aromatic rings. The van der Waals surface area contributed by atoms with Gasteiger partial charge < -0.3 is 4.52 Å². The van der Waals surface area contributed by atoms with Crippen LogP contribution in [0, 0.1) is 0 Å². The predicted octanol–water partition coefficient (Wildman–Crippen LogP) is 3.38. The third-order valence-corrected chi connectivity index (χ3v) is 4.65. The van der Waals surface area contributed by atoms with E-state index in [1.165, 1.54) is 11.8 Å². The Kier molecular flexibility index (Phi) is 4.80. The van der Waals surface area contributed by atoms with Crippen LogP contribution in [0.4, 0.5) is 0 Å². The highest BCUT2D eigenvalue weighted by molar-refractivity contribution is 7.99. The lowest BCUT2D eigenvalue weighted by Crippen LogP contribution is -2.23. The number of hydrogen-bond acceptors (Lipinski definition) is 6. The zero-order chi connectivity index (χ0) is 17.1. The summed E-state index contributed by atoms with van der Waals surface area (Å²) in [6.07, 6.45) is 2.41. The fraction of sp³-hybridized carbons (Fsp3) is 0.294. The second kappa shape index (κ2) is 7.00. The van der Waals surface area contributed by atoms with E-state index in [1.54, 1.807) is 16.7 Å². The molecule has 0 aliphatic rings. The molecular formula is C17H18N4O2S. The van der Waals surface area contributed by atoms with Gasteiger partial charge in [0.1, 0.15) is 0 Å². The minimum atomic E-state index is -0.109. The summed E-state index contributed by atoms with van der Waals surface area (Å²) in [7, 11) is 0. The van der Waals surface area contributed by atoms with E-state index in [0.29, 0.717) is 34.3 Å². The summed E-state index contributed by atoms with van der Waals surface area (Å²) in [4.78, 5) is 21.7. The fourth-order valence-electron chi connectivity index (χ4n) is 2.31. The summed E-state index contributed by atoms with van der Waals surface area (Å²) in [5.41, 5.74) is 0.604. The summed E-state index contributed by atoms with van der Waals surface area (Å²) in [5, 5.41) is 5.02. The lowest BCUT2D eigenvalue weighted by molar-refractivity contribution is 0.375. The zero-order valence-corrected chi connectivity index (χ0v) is 14.4. The van der Waals surface area contributed by atoms with E-state index in [-0.39, 0.29) is 10.8 Å². The molecule has 1 unspecified atom stereocenters. The Morgan fingerprint density at radius 1 is 1.38 bits per heavy atom. The number of rotatable bonds is 6. The molecule has 24 heavy (non-hydrogen) atoms. The molecule has 0 N–H and O–H groups in total. The summed E-state index contributed by atoms with van der Waals surface area (Å²) >= 11 is 1.42. The third-order valence-electron chi connectivity index (χ3n) is 3.57. The molecule has 0 spiro atoms. The average Bonchev–Trinajstić information content (AvgIpc) is 3.08. The minimum Gasteiger partial charge on any atom is -0.338 e. The van der Waals surface area contributed by atoms with Gasteiger partial charge in [0, 0.05) is 13.0 Å². The first kappa shape index (κ1) is 16.4. The standard InChI is InChI=1S/C17H18N4O2S/c1-4-10-21-16(22)12-8-6-7-9-13(12)18-17(21)24-11(3)15-19-14(5-2)20-23-15/h4,6-9,11H,1,5,10H2,2-3H3. The van der Waals surface area contributed by atoms with E-state index in [2.05, 4.69) is 21.7 Å². The Bertz CT molecular complexity index is 932. The third kappa shape index (κ3) is 3.12. The van der Waals surface area contributed by atoms with Crippen LogP contribution in [0.3, 0.4) is 0 Å². The first-order chi connectivity index (χ1) is 11.6. The normalized spacial score (nSPS) is 12.4. The van der Waals surface area contributed by atoms with E-state index >= 15 is 0 Å². The van der Waals surface area contributed by atoms with E-state index in [0.717, 1.165) is 6.42 Å². The molecule has 0 aliphatic heterocycles. The van der Waals surface area contributed by atoms with Gasteiger partial charge in [0.25, 0.3) is 5.56 Å². The second-order valence-corrected chi connectivity index (χ2v) is 6.59. The van der Waals surface area contributed by atoms with E-state index in [1.807, 2.05) is 32.0 Å². The van der Waals surface area contributed by atoms with Crippen molar-refractivity contribution in [3.05, 3.63) is 59.0 Å². The van der Waals surface area contributed by atoms with Crippen LogP contribution in [-0.2, 0) is 13.0 Å². The molecule has 0 aliphatic carbocycles. The molecule has 3 rings (SSSR count). The molecule has 1 atom stereocenters. The molecule has 1 aromatic carbocycles. The molecule has 2 aromatic heterocycles. The van der Waals surface area contributed by atoms with Gasteiger partial charge in [0.05, 0.1) is 16.2 Å². The van der Waals surface area contributed by atoms with Crippen LogP contribution in [0.25, 0.3) is 10.9 Å². The van der Waals surface area contributed by atoms with Crippen molar-refractivity contribution < 1.29 is 4.52 Å². The Morgan fingerprint density at radius 2 is 2.17 bits per heavy atom. The van der Waals surface area contributed by atoms with Gasteiger partial charge in [-0.3, -0.25) is 9.36 Å². The van der Waals surface area contributed by atoms with Crippen LogP contribution >= 0.6 is 11.8 Å². The van der Waals surface area contributed by atoms with Gasteiger partial charge in [-0.05, 0) is 19.1 Å². The number of aryl methyl sites for hydroxylation is 1. The first-order valence-electron chi connectivity index (χ1n) is 7.73. The maximum Gasteiger partial charge on any atom is 0.262 e. The van der Waals surface area contributed by atoms with Crippen LogP contribution in [0.2, 0.25) is 0 Å². The number of nitrogens with zero attached hydrogens (tertiary/aromatic N) is 4. The number of para-hydroxylation sites is 1. The monoisotopic (exact) mass is 342 g/mol. The number of fused-ring (bicyclic) bond motifs is 1. The maximum atomic E-state index is 12.7. The smallest absolute Gasteiger partial charge is 0.262 e. The van der Waals surface area contributed by atoms with Crippen molar-refractivity contribution in [2.24, 2.45) is 0 Å². The lowest BCUT2D eigenvalue weighted by atomic mass is 10.2. The summed E-state index contributed by atoms with van der Waals surface area (Å²) in [6.45, 7) is 8.06. The zero-order valence-electron chi connectivity index (χ0n) is 13.6. The highest BCUT2D eigenvalue weighted by atomic mass is 32.2. The van der Waals surface area contributed by atoms with Gasteiger partial charge >= 0.3 is 0 Å². The van der Waals surface area contributed by atoms with Crippen LogP contribution < -0.4 is 5.56 Å². The minimum absolute atomic E-state index is 0.0741. The van der Waals surface area contributed by atoms with Gasteiger partial charge in [-0.2, -0.15) is 4.98 Å². The highest BCUT2D eigenvalue weighted by Crippen LogP contribution is 2.33. The molecule has 2 heterocycles. The molecule has 7 heteroatoms. The molecule has 124 valence electrons. The Balaban J connectivity index is 2.02. The van der Waals surface area contributed by atoms with Crippen LogP contribution in [-0.4, -0.2) is 19.7 Å². The van der Waals surface area contributed by atoms with E-state index in [4.69, 9.17) is 4.52 Å². The average molecular weight is 342 g/mol. The molecule has 0 fully saturated rings. The molecule has 0 saturated carbocycles. The summed E-state index contributed by atoms with van der Waals surface area (Å²) in [5.74, 6) is 1.21. The fourth-order valence-corrected chi connectivity index (χ4v) is 3.26. The van der Waals surface area contributed by atoms with Crippen molar-refractivity contribution in [1.82, 2.24) is 19.7 Å². The van der Waals surface area contributed by atoms with Crippen LogP contribution in [0.1, 0.15) is 30.8 Å². The topological polar surface area (TPSA) is 73.8 Å². The van der Waals surface area contributed by atoms with Gasteiger partial charge in [0.2, 0.25) is 5.89 Å². The number of allylic oxidation sites excluding steroid dienone is 1. The lowest BCUT2D eigenvalue weighted by Gasteiger charge is -2.13. The maximum absolute atomic E-state index is 12.7. The first-order valence-corrected chi connectivity index (χ1v) is 8.61. The Labute approximate surface area is 143 Å². The van der Waals surface area contributed by atoms with Gasteiger partial charge in [-0.15, -0.1) is 6.58 Å². The van der Waals surface area contributed by atoms with Crippen molar-refractivity contribution in [1.29, 1.82) is 0 Å². The van der Waals surface area contributed by atoms with Gasteiger partial charge in [-0.1, -0.05) is 42.1 Å². The Morgan fingerprint density at radius 3 is 2.88 bits per heavy atom. The second-order valence-electron chi connectivity index (χ2n) is 5.28. The summed E-state index contributed by atoms with van der Waals surface area (Å²) in [6, 6.07) is 7.33. The van der Waals surface area contributed by atoms with Gasteiger partial charge in [-0.25, -0.2) is 4.98 Å². The quantitative estimate of drug-likeness (QED) is 0.388. The van der Waals surface area contributed by atoms with Gasteiger partial charge in [0.15, 0.2) is 11.0 Å².